The van der Waals surface area contributed by atoms with Gasteiger partial charge in [-0.2, -0.15) is 0 Å². The molecule has 2 amide bonds. The van der Waals surface area contributed by atoms with Gasteiger partial charge >= 0.3 is 0 Å². The lowest BCUT2D eigenvalue weighted by molar-refractivity contribution is 0.0784. The molecular weight excluding hydrogens is 284 g/mol. The Morgan fingerprint density at radius 1 is 1.41 bits per heavy atom. The van der Waals surface area contributed by atoms with Gasteiger partial charge in [0.05, 0.1) is 30.1 Å². The number of aromatic nitrogens is 2. The largest absolute Gasteiger partial charge is 0.395 e. The molecule has 1 aliphatic heterocycles. The van der Waals surface area contributed by atoms with Crippen molar-refractivity contribution in [2.24, 2.45) is 0 Å². The molecule has 0 fully saturated rings. The van der Waals surface area contributed by atoms with Crippen molar-refractivity contribution in [2.75, 3.05) is 20.2 Å². The first-order valence-corrected chi connectivity index (χ1v) is 6.93. The van der Waals surface area contributed by atoms with E-state index in [4.69, 9.17) is 5.11 Å². The number of benzene rings is 1. The molecule has 3 rings (SSSR count). The van der Waals surface area contributed by atoms with E-state index in [0.717, 1.165) is 0 Å². The Bertz CT molecular complexity index is 738. The van der Waals surface area contributed by atoms with Gasteiger partial charge in [0.25, 0.3) is 11.8 Å². The molecule has 0 unspecified atom stereocenters. The maximum atomic E-state index is 12.4. The van der Waals surface area contributed by atoms with Crippen molar-refractivity contribution in [3.8, 4) is 5.69 Å². The molecule has 1 aliphatic rings. The summed E-state index contributed by atoms with van der Waals surface area (Å²) >= 11 is 0. The first kappa shape index (κ1) is 14.3. The number of para-hydroxylation sites is 1. The normalized spacial score (nSPS) is 13.4. The summed E-state index contributed by atoms with van der Waals surface area (Å²) in [5.41, 5.74) is 2.20. The molecular formula is C15H16N4O3. The van der Waals surface area contributed by atoms with E-state index in [2.05, 4.69) is 10.3 Å². The highest BCUT2D eigenvalue weighted by molar-refractivity contribution is 5.99. The van der Waals surface area contributed by atoms with Gasteiger partial charge in [-0.1, -0.05) is 12.1 Å². The Morgan fingerprint density at radius 3 is 2.95 bits per heavy atom. The Hall–Kier alpha value is -2.67. The molecule has 7 nitrogen and oxygen atoms in total. The molecule has 0 saturated carbocycles. The number of nitrogens with zero attached hydrogens (tertiary/aromatic N) is 3. The molecule has 0 aliphatic carbocycles. The first-order valence-electron chi connectivity index (χ1n) is 6.93. The van der Waals surface area contributed by atoms with Crippen molar-refractivity contribution in [3.05, 3.63) is 47.5 Å². The average molecular weight is 300 g/mol. The van der Waals surface area contributed by atoms with Gasteiger partial charge in [-0.3, -0.25) is 14.2 Å². The van der Waals surface area contributed by atoms with Crippen LogP contribution in [-0.4, -0.2) is 51.6 Å². The third-order valence-corrected chi connectivity index (χ3v) is 3.61. The van der Waals surface area contributed by atoms with Gasteiger partial charge in [0.1, 0.15) is 6.33 Å². The zero-order chi connectivity index (χ0) is 15.7. The lowest BCUT2D eigenvalue weighted by Gasteiger charge is -2.14. The van der Waals surface area contributed by atoms with E-state index in [1.807, 2.05) is 12.1 Å². The highest BCUT2D eigenvalue weighted by Crippen LogP contribution is 2.25. The van der Waals surface area contributed by atoms with Crippen LogP contribution in [0.25, 0.3) is 5.69 Å². The van der Waals surface area contributed by atoms with E-state index in [-0.39, 0.29) is 37.2 Å². The van der Waals surface area contributed by atoms with Crippen molar-refractivity contribution in [3.63, 3.8) is 0 Å². The van der Waals surface area contributed by atoms with Gasteiger partial charge in [-0.15, -0.1) is 0 Å². The van der Waals surface area contributed by atoms with Gasteiger partial charge < -0.3 is 15.3 Å². The van der Waals surface area contributed by atoms with Gasteiger partial charge in [0.15, 0.2) is 5.69 Å². The third-order valence-electron chi connectivity index (χ3n) is 3.61. The van der Waals surface area contributed by atoms with Crippen molar-refractivity contribution in [1.29, 1.82) is 0 Å². The van der Waals surface area contributed by atoms with Crippen LogP contribution in [0, 0.1) is 0 Å². The fourth-order valence-electron chi connectivity index (χ4n) is 2.54. The Labute approximate surface area is 127 Å². The molecule has 7 heteroatoms. The van der Waals surface area contributed by atoms with E-state index in [1.54, 1.807) is 35.0 Å². The molecule has 2 N–H and O–H groups in total. The Morgan fingerprint density at radius 2 is 2.18 bits per heavy atom. The molecule has 2 heterocycles. The lowest BCUT2D eigenvalue weighted by atomic mass is 10.1. The summed E-state index contributed by atoms with van der Waals surface area (Å²) < 4.78 is 1.77. The van der Waals surface area contributed by atoms with E-state index < -0.39 is 0 Å². The van der Waals surface area contributed by atoms with Crippen LogP contribution in [0.5, 0.6) is 0 Å². The minimum absolute atomic E-state index is 0.0963. The number of nitrogens with one attached hydrogen (secondary N) is 1. The lowest BCUT2D eigenvalue weighted by Crippen LogP contribution is -2.29. The monoisotopic (exact) mass is 300 g/mol. The SMILES string of the molecule is CN1Cc2c(C(=O)NCCO)ncn2-c2ccccc2C1=O. The quantitative estimate of drug-likeness (QED) is 0.846. The number of carbonyl (C=O) groups excluding carboxylic acids is 2. The van der Waals surface area contributed by atoms with Gasteiger partial charge in [0, 0.05) is 13.6 Å². The predicted molar refractivity (Wildman–Crippen MR) is 78.8 cm³/mol. The van der Waals surface area contributed by atoms with E-state index >= 15 is 0 Å². The van der Waals surface area contributed by atoms with Crippen LogP contribution in [0.3, 0.4) is 0 Å². The molecule has 0 spiro atoms. The number of amides is 2. The molecule has 22 heavy (non-hydrogen) atoms. The van der Waals surface area contributed by atoms with Gasteiger partial charge in [-0.05, 0) is 12.1 Å². The molecule has 0 bridgehead atoms. The first-order chi connectivity index (χ1) is 10.6. The van der Waals surface area contributed by atoms with Crippen LogP contribution < -0.4 is 5.32 Å². The smallest absolute Gasteiger partial charge is 0.271 e. The predicted octanol–water partition coefficient (Wildman–Crippen LogP) is 0.180. The summed E-state index contributed by atoms with van der Waals surface area (Å²) in [5.74, 6) is -0.455. The third kappa shape index (κ3) is 2.25. The number of hydrogen-bond acceptors (Lipinski definition) is 4. The summed E-state index contributed by atoms with van der Waals surface area (Å²) in [6.07, 6.45) is 1.55. The zero-order valence-electron chi connectivity index (χ0n) is 12.1. The molecule has 1 aromatic heterocycles. The summed E-state index contributed by atoms with van der Waals surface area (Å²) in [5, 5.41) is 11.4. The number of carbonyl (C=O) groups is 2. The van der Waals surface area contributed by atoms with Crippen LogP contribution in [0.4, 0.5) is 0 Å². The van der Waals surface area contributed by atoms with Gasteiger partial charge in [0.2, 0.25) is 0 Å². The second-order valence-electron chi connectivity index (χ2n) is 5.07. The van der Waals surface area contributed by atoms with Crippen LogP contribution in [0.2, 0.25) is 0 Å². The molecule has 0 radical (unpaired) electrons. The molecule has 0 saturated heterocycles. The number of rotatable bonds is 3. The molecule has 1 aromatic carbocycles. The summed E-state index contributed by atoms with van der Waals surface area (Å²) in [6.45, 7) is 0.314. The molecule has 2 aromatic rings. The van der Waals surface area contributed by atoms with Crippen LogP contribution in [-0.2, 0) is 6.54 Å². The van der Waals surface area contributed by atoms with E-state index in [0.29, 0.717) is 16.9 Å². The fourth-order valence-corrected chi connectivity index (χ4v) is 2.54. The topological polar surface area (TPSA) is 87.5 Å². The Kier molecular flexibility index (Phi) is 3.64. The van der Waals surface area contributed by atoms with Crippen molar-refractivity contribution in [1.82, 2.24) is 19.8 Å². The van der Waals surface area contributed by atoms with Crippen LogP contribution in [0.1, 0.15) is 26.5 Å². The number of fused-ring (bicyclic) bond motifs is 3. The summed E-state index contributed by atoms with van der Waals surface area (Å²) in [4.78, 5) is 30.3. The number of hydrogen-bond donors (Lipinski definition) is 2. The van der Waals surface area contributed by atoms with Crippen LogP contribution in [0.15, 0.2) is 30.6 Å². The minimum atomic E-state index is -0.358. The summed E-state index contributed by atoms with van der Waals surface area (Å²) in [7, 11) is 1.69. The fraction of sp³-hybridized carbons (Fsp3) is 0.267. The molecule has 114 valence electrons. The Balaban J connectivity index is 2.10. The highest BCUT2D eigenvalue weighted by atomic mass is 16.3. The zero-order valence-corrected chi connectivity index (χ0v) is 12.1. The summed E-state index contributed by atoms with van der Waals surface area (Å²) in [6, 6.07) is 7.23. The van der Waals surface area contributed by atoms with Crippen LogP contribution >= 0.6 is 0 Å². The number of imidazole rings is 1. The second kappa shape index (κ2) is 5.61. The highest BCUT2D eigenvalue weighted by Gasteiger charge is 2.27. The van der Waals surface area contributed by atoms with Crippen molar-refractivity contribution >= 4 is 11.8 Å². The van der Waals surface area contributed by atoms with Gasteiger partial charge in [-0.25, -0.2) is 4.98 Å². The maximum absolute atomic E-state index is 12.4. The minimum Gasteiger partial charge on any atom is -0.395 e. The average Bonchev–Trinajstić information content (AvgIpc) is 2.91. The van der Waals surface area contributed by atoms with E-state index in [1.165, 1.54) is 0 Å². The number of aliphatic hydroxyl groups excluding tert-OH is 1. The maximum Gasteiger partial charge on any atom is 0.271 e. The van der Waals surface area contributed by atoms with Crippen molar-refractivity contribution in [2.45, 2.75) is 6.54 Å². The van der Waals surface area contributed by atoms with Crippen molar-refractivity contribution < 1.29 is 14.7 Å². The number of aliphatic hydroxyl groups is 1. The second-order valence-corrected chi connectivity index (χ2v) is 5.07. The standard InChI is InChI=1S/C15H16N4O3/c1-18-8-12-13(14(21)16-6-7-20)17-9-19(12)11-5-3-2-4-10(11)15(18)22/h2-5,9,20H,6-8H2,1H3,(H,16,21). The molecule has 0 atom stereocenters. The van der Waals surface area contributed by atoms with E-state index in [9.17, 15) is 9.59 Å².